The van der Waals surface area contributed by atoms with Crippen LogP contribution in [0.1, 0.15) is 40.2 Å². The number of hydrogen-bond acceptors (Lipinski definition) is 5. The molecular formula is C20H20FN5O3. The van der Waals surface area contributed by atoms with Crippen LogP contribution in [-0.2, 0) is 11.3 Å². The van der Waals surface area contributed by atoms with Crippen LogP contribution in [0, 0.1) is 5.82 Å². The van der Waals surface area contributed by atoms with Gasteiger partial charge in [0.25, 0.3) is 11.8 Å². The van der Waals surface area contributed by atoms with Crippen LogP contribution < -0.4 is 11.1 Å². The lowest BCUT2D eigenvalue weighted by Gasteiger charge is -2.23. The lowest BCUT2D eigenvalue weighted by Crippen LogP contribution is -2.28. The van der Waals surface area contributed by atoms with E-state index in [0.29, 0.717) is 24.2 Å². The van der Waals surface area contributed by atoms with Gasteiger partial charge in [0.05, 0.1) is 12.6 Å². The number of halogens is 1. The van der Waals surface area contributed by atoms with E-state index < -0.39 is 17.6 Å². The fraction of sp³-hybridized carbons (Fsp3) is 0.300. The Morgan fingerprint density at radius 1 is 1.31 bits per heavy atom. The van der Waals surface area contributed by atoms with Crippen LogP contribution in [0.15, 0.2) is 36.5 Å². The van der Waals surface area contributed by atoms with Crippen molar-refractivity contribution in [2.24, 2.45) is 5.73 Å². The number of benzene rings is 1. The molecule has 0 aliphatic carbocycles. The van der Waals surface area contributed by atoms with E-state index >= 15 is 0 Å². The minimum absolute atomic E-state index is 0.0304. The average Bonchev–Trinajstić information content (AvgIpc) is 3.08. The molecule has 2 amide bonds. The van der Waals surface area contributed by atoms with Crippen molar-refractivity contribution in [2.45, 2.75) is 31.9 Å². The van der Waals surface area contributed by atoms with Crippen LogP contribution >= 0.6 is 0 Å². The van der Waals surface area contributed by atoms with Gasteiger partial charge in [-0.25, -0.2) is 4.39 Å². The lowest BCUT2D eigenvalue weighted by molar-refractivity contribution is 0.00378. The van der Waals surface area contributed by atoms with E-state index in [-0.39, 0.29) is 23.0 Å². The maximum atomic E-state index is 14.3. The van der Waals surface area contributed by atoms with Crippen molar-refractivity contribution < 1.29 is 18.7 Å². The Balaban J connectivity index is 1.69. The molecule has 29 heavy (non-hydrogen) atoms. The molecule has 0 saturated carbocycles. The van der Waals surface area contributed by atoms with Crippen LogP contribution in [0.5, 0.6) is 0 Å². The first-order chi connectivity index (χ1) is 14.0. The van der Waals surface area contributed by atoms with E-state index in [1.165, 1.54) is 35.1 Å². The molecule has 4 rings (SSSR count). The molecule has 1 aliphatic rings. The van der Waals surface area contributed by atoms with Gasteiger partial charge in [0.2, 0.25) is 0 Å². The summed E-state index contributed by atoms with van der Waals surface area (Å²) in [5, 5.41) is 7.45. The number of primary amides is 1. The average molecular weight is 397 g/mol. The van der Waals surface area contributed by atoms with Crippen LogP contribution in [-0.4, -0.2) is 39.3 Å². The molecule has 2 aromatic heterocycles. The van der Waals surface area contributed by atoms with Crippen molar-refractivity contribution >= 4 is 28.4 Å². The maximum Gasteiger partial charge on any atom is 0.274 e. The summed E-state index contributed by atoms with van der Waals surface area (Å²) in [7, 11) is 0. The summed E-state index contributed by atoms with van der Waals surface area (Å²) in [5.41, 5.74) is 5.98. The third-order valence-electron chi connectivity index (χ3n) is 4.86. The standard InChI is InChI=1S/C20H20FN5O3/c21-15-6-3-5-14-17(15)25-26(11-13-4-1-2-9-29-13)18(14)20(28)24-12-7-8-23-16(10-12)19(22)27/h3,5-8,10,13H,1-2,4,9,11H2,(H2,22,27)(H,23,24,28). The highest BCUT2D eigenvalue weighted by molar-refractivity contribution is 6.11. The fourth-order valence-corrected chi connectivity index (χ4v) is 3.47. The first kappa shape index (κ1) is 19.0. The molecule has 1 fully saturated rings. The number of aromatic nitrogens is 3. The van der Waals surface area contributed by atoms with E-state index in [2.05, 4.69) is 15.4 Å². The summed E-state index contributed by atoms with van der Waals surface area (Å²) in [6, 6.07) is 7.42. The summed E-state index contributed by atoms with van der Waals surface area (Å²) < 4.78 is 21.5. The second-order valence-electron chi connectivity index (χ2n) is 6.90. The predicted octanol–water partition coefficient (Wildman–Crippen LogP) is 2.49. The lowest BCUT2D eigenvalue weighted by atomic mass is 10.1. The number of nitrogens with one attached hydrogen (secondary N) is 1. The molecule has 3 N–H and O–H groups in total. The zero-order chi connectivity index (χ0) is 20.4. The Morgan fingerprint density at radius 3 is 2.93 bits per heavy atom. The van der Waals surface area contributed by atoms with Crippen LogP contribution in [0.2, 0.25) is 0 Å². The van der Waals surface area contributed by atoms with Crippen LogP contribution in [0.4, 0.5) is 10.1 Å². The molecule has 0 spiro atoms. The van der Waals surface area contributed by atoms with Crippen molar-refractivity contribution in [3.63, 3.8) is 0 Å². The van der Waals surface area contributed by atoms with E-state index in [1.807, 2.05) is 0 Å². The second kappa shape index (κ2) is 7.96. The summed E-state index contributed by atoms with van der Waals surface area (Å²) in [6.45, 7) is 1.01. The van der Waals surface area contributed by atoms with Crippen LogP contribution in [0.25, 0.3) is 10.9 Å². The maximum absolute atomic E-state index is 14.3. The number of pyridine rings is 1. The normalized spacial score (nSPS) is 16.7. The molecule has 0 bridgehead atoms. The zero-order valence-corrected chi connectivity index (χ0v) is 15.6. The highest BCUT2D eigenvalue weighted by atomic mass is 19.1. The van der Waals surface area contributed by atoms with Gasteiger partial charge in [-0.3, -0.25) is 19.3 Å². The molecule has 3 heterocycles. The van der Waals surface area contributed by atoms with E-state index in [0.717, 1.165) is 19.3 Å². The number of carbonyl (C=O) groups excluding carboxylic acids is 2. The van der Waals surface area contributed by atoms with Gasteiger partial charge in [-0.2, -0.15) is 5.10 Å². The minimum atomic E-state index is -0.701. The Morgan fingerprint density at radius 2 is 2.17 bits per heavy atom. The number of amides is 2. The van der Waals surface area contributed by atoms with Gasteiger partial charge in [-0.15, -0.1) is 0 Å². The predicted molar refractivity (Wildman–Crippen MR) is 104 cm³/mol. The highest BCUT2D eigenvalue weighted by Gasteiger charge is 2.24. The Kier molecular flexibility index (Phi) is 5.22. The summed E-state index contributed by atoms with van der Waals surface area (Å²) >= 11 is 0. The van der Waals surface area contributed by atoms with Gasteiger partial charge in [-0.05, 0) is 37.5 Å². The largest absolute Gasteiger partial charge is 0.376 e. The smallest absolute Gasteiger partial charge is 0.274 e. The molecule has 0 radical (unpaired) electrons. The number of anilines is 1. The Labute approximate surface area is 165 Å². The van der Waals surface area contributed by atoms with Gasteiger partial charge >= 0.3 is 0 Å². The Bertz CT molecular complexity index is 1080. The number of fused-ring (bicyclic) bond motifs is 1. The highest BCUT2D eigenvalue weighted by Crippen LogP contribution is 2.24. The number of hydrogen-bond donors (Lipinski definition) is 2. The topological polar surface area (TPSA) is 112 Å². The minimum Gasteiger partial charge on any atom is -0.376 e. The molecule has 9 heteroatoms. The fourth-order valence-electron chi connectivity index (χ4n) is 3.47. The first-order valence-corrected chi connectivity index (χ1v) is 9.37. The summed E-state index contributed by atoms with van der Waals surface area (Å²) in [5.74, 6) is -1.68. The van der Waals surface area contributed by atoms with Gasteiger partial charge in [0.1, 0.15) is 16.9 Å². The zero-order valence-electron chi connectivity index (χ0n) is 15.6. The van der Waals surface area contributed by atoms with E-state index in [1.54, 1.807) is 6.07 Å². The van der Waals surface area contributed by atoms with E-state index in [4.69, 9.17) is 10.5 Å². The van der Waals surface area contributed by atoms with Crippen molar-refractivity contribution in [3.05, 3.63) is 53.7 Å². The number of rotatable bonds is 5. The van der Waals surface area contributed by atoms with Gasteiger partial charge in [0.15, 0.2) is 5.82 Å². The van der Waals surface area contributed by atoms with E-state index in [9.17, 15) is 14.0 Å². The molecule has 1 aliphatic heterocycles. The second-order valence-corrected chi connectivity index (χ2v) is 6.90. The number of carbonyl (C=O) groups is 2. The molecule has 1 atom stereocenters. The van der Waals surface area contributed by atoms with Crippen LogP contribution in [0.3, 0.4) is 0 Å². The molecule has 1 saturated heterocycles. The number of nitrogens with zero attached hydrogens (tertiary/aromatic N) is 3. The van der Waals surface area contributed by atoms with Crippen molar-refractivity contribution in [1.82, 2.24) is 14.8 Å². The van der Waals surface area contributed by atoms with Gasteiger partial charge in [-0.1, -0.05) is 12.1 Å². The van der Waals surface area contributed by atoms with Crippen molar-refractivity contribution in [2.75, 3.05) is 11.9 Å². The third-order valence-corrected chi connectivity index (χ3v) is 4.86. The molecule has 3 aromatic rings. The SMILES string of the molecule is NC(=O)c1cc(NC(=O)c2c3cccc(F)c3nn2CC2CCCCO2)ccn1. The monoisotopic (exact) mass is 397 g/mol. The molecule has 150 valence electrons. The Hall–Kier alpha value is -3.33. The summed E-state index contributed by atoms with van der Waals surface area (Å²) in [4.78, 5) is 28.3. The van der Waals surface area contributed by atoms with Crippen molar-refractivity contribution in [1.29, 1.82) is 0 Å². The molecule has 1 unspecified atom stereocenters. The number of ether oxygens (including phenoxy) is 1. The van der Waals surface area contributed by atoms with Gasteiger partial charge < -0.3 is 15.8 Å². The van der Waals surface area contributed by atoms with Crippen molar-refractivity contribution in [3.8, 4) is 0 Å². The molecular weight excluding hydrogens is 377 g/mol. The third kappa shape index (κ3) is 3.95. The quantitative estimate of drug-likeness (QED) is 0.687. The first-order valence-electron chi connectivity index (χ1n) is 9.37. The number of nitrogens with two attached hydrogens (primary N) is 1. The van der Waals surface area contributed by atoms with Gasteiger partial charge in [0, 0.05) is 23.9 Å². The molecule has 1 aromatic carbocycles. The summed E-state index contributed by atoms with van der Waals surface area (Å²) in [6.07, 6.45) is 4.18. The molecule has 8 nitrogen and oxygen atoms in total.